The van der Waals surface area contributed by atoms with Gasteiger partial charge in [0.2, 0.25) is 5.82 Å². The fourth-order valence-electron chi connectivity index (χ4n) is 1.56. The predicted octanol–water partition coefficient (Wildman–Crippen LogP) is 1.27. The molecule has 0 bridgehead atoms. The smallest absolute Gasteiger partial charge is 0.316 e. The van der Waals surface area contributed by atoms with E-state index in [1.807, 2.05) is 6.07 Å². The molecule has 1 amide bonds. The highest BCUT2D eigenvalue weighted by Crippen LogP contribution is 2.27. The first-order valence-corrected chi connectivity index (χ1v) is 5.85. The largest absolute Gasteiger partial charge is 0.348 e. The fourth-order valence-corrected chi connectivity index (χ4v) is 1.56. The number of hydrogen-bond acceptors (Lipinski definition) is 5. The summed E-state index contributed by atoms with van der Waals surface area (Å²) in [6.45, 7) is 0.684. The molecule has 1 aliphatic carbocycles. The Balaban J connectivity index is 1.70. The highest BCUT2D eigenvalue weighted by atomic mass is 16.5. The molecule has 2 aromatic heterocycles. The molecule has 18 heavy (non-hydrogen) atoms. The lowest BCUT2D eigenvalue weighted by atomic mass is 10.3. The van der Waals surface area contributed by atoms with Crippen molar-refractivity contribution in [2.75, 3.05) is 6.54 Å². The second kappa shape index (κ2) is 4.56. The molecule has 0 spiro atoms. The number of carbonyl (C=O) groups excluding carboxylic acids is 1. The summed E-state index contributed by atoms with van der Waals surface area (Å²) >= 11 is 0. The second-order valence-electron chi connectivity index (χ2n) is 4.32. The second-order valence-corrected chi connectivity index (χ2v) is 4.32. The van der Waals surface area contributed by atoms with Crippen LogP contribution in [-0.4, -0.2) is 27.6 Å². The van der Waals surface area contributed by atoms with Crippen LogP contribution in [-0.2, 0) is 0 Å². The molecule has 1 N–H and O–H groups in total. The SMILES string of the molecule is O=C(NCC1CC1)c1nc(-c2cccnc2)no1. The molecule has 2 heterocycles. The summed E-state index contributed by atoms with van der Waals surface area (Å²) in [5, 5.41) is 6.54. The average molecular weight is 244 g/mol. The summed E-state index contributed by atoms with van der Waals surface area (Å²) in [5.74, 6) is 0.674. The van der Waals surface area contributed by atoms with Gasteiger partial charge in [-0.25, -0.2) is 0 Å². The Bertz CT molecular complexity index is 548. The number of rotatable bonds is 4. The third kappa shape index (κ3) is 2.37. The minimum Gasteiger partial charge on any atom is -0.348 e. The van der Waals surface area contributed by atoms with Gasteiger partial charge in [0.25, 0.3) is 0 Å². The molecule has 92 valence electrons. The molecule has 6 heteroatoms. The summed E-state index contributed by atoms with van der Waals surface area (Å²) in [6, 6.07) is 3.59. The van der Waals surface area contributed by atoms with Gasteiger partial charge in [-0.2, -0.15) is 4.98 Å². The summed E-state index contributed by atoms with van der Waals surface area (Å²) in [7, 11) is 0. The molecule has 0 aromatic carbocycles. The van der Waals surface area contributed by atoms with Crippen molar-refractivity contribution in [3.8, 4) is 11.4 Å². The standard InChI is InChI=1S/C12H12N4O2/c17-11(14-6-8-3-4-8)12-15-10(16-18-12)9-2-1-5-13-7-9/h1-2,5,7-8H,3-4,6H2,(H,14,17). The topological polar surface area (TPSA) is 80.9 Å². The van der Waals surface area contributed by atoms with E-state index in [1.165, 1.54) is 12.8 Å². The normalized spacial score (nSPS) is 14.4. The first-order valence-electron chi connectivity index (χ1n) is 5.85. The van der Waals surface area contributed by atoms with Crippen molar-refractivity contribution >= 4 is 5.91 Å². The number of pyridine rings is 1. The van der Waals surface area contributed by atoms with Gasteiger partial charge < -0.3 is 9.84 Å². The average Bonchev–Trinajstić information content (AvgIpc) is 3.11. The Kier molecular flexibility index (Phi) is 2.76. The van der Waals surface area contributed by atoms with Crippen LogP contribution in [0.25, 0.3) is 11.4 Å². The van der Waals surface area contributed by atoms with Crippen LogP contribution in [0.5, 0.6) is 0 Å². The quantitative estimate of drug-likeness (QED) is 0.875. The lowest BCUT2D eigenvalue weighted by Crippen LogP contribution is -2.25. The Morgan fingerprint density at radius 1 is 1.50 bits per heavy atom. The summed E-state index contributed by atoms with van der Waals surface area (Å²) in [6.07, 6.45) is 5.65. The van der Waals surface area contributed by atoms with Crippen molar-refractivity contribution in [3.05, 3.63) is 30.4 Å². The highest BCUT2D eigenvalue weighted by Gasteiger charge is 2.23. The Morgan fingerprint density at radius 3 is 3.11 bits per heavy atom. The van der Waals surface area contributed by atoms with E-state index in [4.69, 9.17) is 4.52 Å². The van der Waals surface area contributed by atoms with E-state index in [1.54, 1.807) is 18.5 Å². The number of nitrogens with zero attached hydrogens (tertiary/aromatic N) is 3. The molecule has 1 saturated carbocycles. The maximum Gasteiger partial charge on any atom is 0.316 e. The number of aromatic nitrogens is 3. The summed E-state index contributed by atoms with van der Waals surface area (Å²) in [5.41, 5.74) is 0.725. The maximum absolute atomic E-state index is 11.7. The molecule has 0 atom stereocenters. The molecule has 0 unspecified atom stereocenters. The predicted molar refractivity (Wildman–Crippen MR) is 62.6 cm³/mol. The van der Waals surface area contributed by atoms with Crippen LogP contribution in [0.4, 0.5) is 0 Å². The van der Waals surface area contributed by atoms with Crippen LogP contribution in [0.1, 0.15) is 23.5 Å². The van der Waals surface area contributed by atoms with Crippen molar-refractivity contribution in [1.82, 2.24) is 20.4 Å². The zero-order valence-corrected chi connectivity index (χ0v) is 9.67. The van der Waals surface area contributed by atoms with Gasteiger partial charge in [-0.1, -0.05) is 5.16 Å². The van der Waals surface area contributed by atoms with E-state index in [-0.39, 0.29) is 11.8 Å². The van der Waals surface area contributed by atoms with Crippen molar-refractivity contribution in [2.45, 2.75) is 12.8 Å². The van der Waals surface area contributed by atoms with Gasteiger partial charge in [-0.05, 0) is 30.9 Å². The third-order valence-corrected chi connectivity index (χ3v) is 2.79. The van der Waals surface area contributed by atoms with Crippen LogP contribution in [0, 0.1) is 5.92 Å². The van der Waals surface area contributed by atoms with E-state index >= 15 is 0 Å². The van der Waals surface area contributed by atoms with E-state index < -0.39 is 0 Å². The van der Waals surface area contributed by atoms with Crippen molar-refractivity contribution in [1.29, 1.82) is 0 Å². The van der Waals surface area contributed by atoms with Crippen LogP contribution in [0.3, 0.4) is 0 Å². The lowest BCUT2D eigenvalue weighted by Gasteiger charge is -1.97. The Labute approximate surface area is 103 Å². The molecule has 1 aliphatic rings. The van der Waals surface area contributed by atoms with E-state index in [2.05, 4.69) is 20.4 Å². The zero-order chi connectivity index (χ0) is 12.4. The number of amides is 1. The number of carbonyl (C=O) groups is 1. The van der Waals surface area contributed by atoms with Crippen molar-refractivity contribution in [2.24, 2.45) is 5.92 Å². The van der Waals surface area contributed by atoms with Crippen LogP contribution >= 0.6 is 0 Å². The van der Waals surface area contributed by atoms with Gasteiger partial charge in [0, 0.05) is 24.5 Å². The molecule has 0 radical (unpaired) electrons. The van der Waals surface area contributed by atoms with Gasteiger partial charge in [0.05, 0.1) is 0 Å². The molecular weight excluding hydrogens is 232 g/mol. The molecule has 2 aromatic rings. The Morgan fingerprint density at radius 2 is 2.39 bits per heavy atom. The fraction of sp³-hybridized carbons (Fsp3) is 0.333. The number of nitrogens with one attached hydrogen (secondary N) is 1. The maximum atomic E-state index is 11.7. The number of hydrogen-bond donors (Lipinski definition) is 1. The van der Waals surface area contributed by atoms with Gasteiger partial charge in [0.1, 0.15) is 0 Å². The third-order valence-electron chi connectivity index (χ3n) is 2.79. The van der Waals surface area contributed by atoms with Gasteiger partial charge in [0.15, 0.2) is 0 Å². The van der Waals surface area contributed by atoms with Gasteiger partial charge >= 0.3 is 11.8 Å². The summed E-state index contributed by atoms with van der Waals surface area (Å²) < 4.78 is 4.93. The Hall–Kier alpha value is -2.24. The van der Waals surface area contributed by atoms with Gasteiger partial charge in [-0.3, -0.25) is 9.78 Å². The van der Waals surface area contributed by atoms with Crippen molar-refractivity contribution in [3.63, 3.8) is 0 Å². The van der Waals surface area contributed by atoms with Crippen molar-refractivity contribution < 1.29 is 9.32 Å². The first-order chi connectivity index (χ1) is 8.83. The van der Waals surface area contributed by atoms with Crippen LogP contribution in [0.2, 0.25) is 0 Å². The van der Waals surface area contributed by atoms with Crippen LogP contribution in [0.15, 0.2) is 29.0 Å². The molecule has 3 rings (SSSR count). The van der Waals surface area contributed by atoms with E-state index in [0.29, 0.717) is 18.3 Å². The molecule has 0 saturated heterocycles. The minimum absolute atomic E-state index is 0.00509. The summed E-state index contributed by atoms with van der Waals surface area (Å²) in [4.78, 5) is 19.7. The zero-order valence-electron chi connectivity index (χ0n) is 9.67. The monoisotopic (exact) mass is 244 g/mol. The lowest BCUT2D eigenvalue weighted by molar-refractivity contribution is 0.0908. The minimum atomic E-state index is -0.315. The molecule has 0 aliphatic heterocycles. The molecule has 1 fully saturated rings. The van der Waals surface area contributed by atoms with Crippen LogP contribution < -0.4 is 5.32 Å². The first kappa shape index (κ1) is 10.9. The molecule has 6 nitrogen and oxygen atoms in total. The highest BCUT2D eigenvalue weighted by molar-refractivity contribution is 5.89. The van der Waals surface area contributed by atoms with E-state index in [9.17, 15) is 4.79 Å². The molecular formula is C12H12N4O2. The van der Waals surface area contributed by atoms with Gasteiger partial charge in [-0.15, -0.1) is 0 Å². The van der Waals surface area contributed by atoms with E-state index in [0.717, 1.165) is 5.56 Å².